The summed E-state index contributed by atoms with van der Waals surface area (Å²) in [6, 6.07) is 0. The molecular formula is C13H22N4O. The smallest absolute Gasteiger partial charge is 0.224 e. The lowest BCUT2D eigenvalue weighted by atomic mass is 9.94. The zero-order valence-electron chi connectivity index (χ0n) is 10.9. The van der Waals surface area contributed by atoms with Crippen molar-refractivity contribution < 1.29 is 4.79 Å². The van der Waals surface area contributed by atoms with Crippen molar-refractivity contribution in [3.8, 4) is 0 Å². The van der Waals surface area contributed by atoms with Crippen LogP contribution in [0.25, 0.3) is 0 Å². The molecule has 0 fully saturated rings. The van der Waals surface area contributed by atoms with E-state index >= 15 is 0 Å². The number of carbonyl (C=O) groups is 1. The van der Waals surface area contributed by atoms with Gasteiger partial charge in [-0.15, -0.1) is 0 Å². The first-order valence-electron chi connectivity index (χ1n) is 6.51. The Bertz CT molecular complexity index is 336. The van der Waals surface area contributed by atoms with E-state index in [2.05, 4.69) is 22.2 Å². The summed E-state index contributed by atoms with van der Waals surface area (Å²) in [4.78, 5) is 19.4. The van der Waals surface area contributed by atoms with Crippen molar-refractivity contribution in [2.75, 3.05) is 11.9 Å². The Labute approximate surface area is 108 Å². The standard InChI is InChI=1S/C13H22N4O/c1-2-3-11(6-7-14)4-5-13(18)17-12-8-15-10-16-9-12/h8-11H,2-7,14H2,1H3,(H,17,18). The molecule has 1 heterocycles. The second kappa shape index (κ2) is 8.58. The van der Waals surface area contributed by atoms with Crippen LogP contribution in [0.1, 0.15) is 39.0 Å². The molecule has 5 nitrogen and oxygen atoms in total. The average Bonchev–Trinajstić information content (AvgIpc) is 2.38. The molecule has 1 rings (SSSR count). The van der Waals surface area contributed by atoms with Crippen molar-refractivity contribution in [1.82, 2.24) is 9.97 Å². The molecule has 0 spiro atoms. The fraction of sp³-hybridized carbons (Fsp3) is 0.615. The Kier molecular flexibility index (Phi) is 6.94. The highest BCUT2D eigenvalue weighted by Gasteiger charge is 2.10. The number of anilines is 1. The van der Waals surface area contributed by atoms with Gasteiger partial charge in [0.15, 0.2) is 0 Å². The first kappa shape index (κ1) is 14.6. The van der Waals surface area contributed by atoms with E-state index in [1.165, 1.54) is 6.33 Å². The number of amides is 1. The predicted octanol–water partition coefficient (Wildman–Crippen LogP) is 1.96. The molecule has 1 aromatic rings. The summed E-state index contributed by atoms with van der Waals surface area (Å²) in [5.74, 6) is 0.570. The van der Waals surface area contributed by atoms with Crippen LogP contribution in [0.4, 0.5) is 5.69 Å². The molecule has 1 unspecified atom stereocenters. The minimum absolute atomic E-state index is 0.0166. The molecule has 1 atom stereocenters. The number of nitrogens with one attached hydrogen (secondary N) is 1. The van der Waals surface area contributed by atoms with E-state index in [0.29, 0.717) is 24.6 Å². The third-order valence-electron chi connectivity index (χ3n) is 2.90. The molecule has 0 radical (unpaired) electrons. The second-order valence-corrected chi connectivity index (χ2v) is 4.45. The molecule has 0 saturated heterocycles. The maximum Gasteiger partial charge on any atom is 0.224 e. The normalized spacial score (nSPS) is 12.1. The maximum absolute atomic E-state index is 11.7. The van der Waals surface area contributed by atoms with Crippen LogP contribution in [0.3, 0.4) is 0 Å². The zero-order valence-corrected chi connectivity index (χ0v) is 10.9. The van der Waals surface area contributed by atoms with Crippen LogP contribution in [-0.2, 0) is 4.79 Å². The van der Waals surface area contributed by atoms with Crippen LogP contribution >= 0.6 is 0 Å². The van der Waals surface area contributed by atoms with Crippen LogP contribution in [0.5, 0.6) is 0 Å². The van der Waals surface area contributed by atoms with Gasteiger partial charge in [0.05, 0.1) is 18.1 Å². The summed E-state index contributed by atoms with van der Waals surface area (Å²) in [7, 11) is 0. The lowest BCUT2D eigenvalue weighted by Crippen LogP contribution is -2.15. The largest absolute Gasteiger partial charge is 0.330 e. The van der Waals surface area contributed by atoms with Gasteiger partial charge >= 0.3 is 0 Å². The summed E-state index contributed by atoms with van der Waals surface area (Å²) >= 11 is 0. The fourth-order valence-electron chi connectivity index (χ4n) is 2.00. The summed E-state index contributed by atoms with van der Waals surface area (Å²) in [6.45, 7) is 2.85. The van der Waals surface area contributed by atoms with Gasteiger partial charge in [-0.1, -0.05) is 19.8 Å². The third-order valence-corrected chi connectivity index (χ3v) is 2.90. The monoisotopic (exact) mass is 250 g/mol. The Balaban J connectivity index is 2.31. The molecule has 0 aromatic carbocycles. The van der Waals surface area contributed by atoms with Gasteiger partial charge in [-0.05, 0) is 25.3 Å². The lowest BCUT2D eigenvalue weighted by molar-refractivity contribution is -0.116. The Morgan fingerprint density at radius 1 is 1.33 bits per heavy atom. The molecule has 3 N–H and O–H groups in total. The van der Waals surface area contributed by atoms with E-state index < -0.39 is 0 Å². The van der Waals surface area contributed by atoms with Gasteiger partial charge in [0, 0.05) is 6.42 Å². The topological polar surface area (TPSA) is 80.9 Å². The van der Waals surface area contributed by atoms with E-state index in [4.69, 9.17) is 5.73 Å². The molecule has 0 aliphatic heterocycles. The molecule has 0 bridgehead atoms. The number of nitrogens with two attached hydrogens (primary N) is 1. The van der Waals surface area contributed by atoms with Crippen molar-refractivity contribution in [2.24, 2.45) is 11.7 Å². The number of aromatic nitrogens is 2. The molecular weight excluding hydrogens is 228 g/mol. The van der Waals surface area contributed by atoms with Gasteiger partial charge in [-0.3, -0.25) is 4.79 Å². The maximum atomic E-state index is 11.7. The van der Waals surface area contributed by atoms with Gasteiger partial charge in [0.2, 0.25) is 5.91 Å². The van der Waals surface area contributed by atoms with E-state index in [1.807, 2.05) is 0 Å². The summed E-state index contributed by atoms with van der Waals surface area (Å²) in [5, 5.41) is 2.79. The van der Waals surface area contributed by atoms with Crippen molar-refractivity contribution >= 4 is 11.6 Å². The van der Waals surface area contributed by atoms with E-state index in [0.717, 1.165) is 25.7 Å². The number of rotatable bonds is 8. The third kappa shape index (κ3) is 5.72. The van der Waals surface area contributed by atoms with Crippen molar-refractivity contribution in [2.45, 2.75) is 39.0 Å². The summed E-state index contributed by atoms with van der Waals surface area (Å²) in [5.41, 5.74) is 6.22. The zero-order chi connectivity index (χ0) is 13.2. The number of hydrogen-bond acceptors (Lipinski definition) is 4. The number of nitrogens with zero attached hydrogens (tertiary/aromatic N) is 2. The molecule has 1 amide bonds. The Morgan fingerprint density at radius 3 is 2.67 bits per heavy atom. The van der Waals surface area contributed by atoms with Crippen molar-refractivity contribution in [1.29, 1.82) is 0 Å². The summed E-state index contributed by atoms with van der Waals surface area (Å²) < 4.78 is 0. The highest BCUT2D eigenvalue weighted by atomic mass is 16.1. The Morgan fingerprint density at radius 2 is 2.06 bits per heavy atom. The number of carbonyl (C=O) groups excluding carboxylic acids is 1. The fourth-order valence-corrected chi connectivity index (χ4v) is 2.00. The molecule has 0 aliphatic rings. The van der Waals surface area contributed by atoms with Gasteiger partial charge < -0.3 is 11.1 Å². The first-order chi connectivity index (χ1) is 8.76. The number of hydrogen-bond donors (Lipinski definition) is 2. The highest BCUT2D eigenvalue weighted by molar-refractivity contribution is 5.90. The van der Waals surface area contributed by atoms with Gasteiger partial charge in [-0.2, -0.15) is 0 Å². The lowest BCUT2D eigenvalue weighted by Gasteiger charge is -2.14. The van der Waals surface area contributed by atoms with Crippen LogP contribution in [0.2, 0.25) is 0 Å². The minimum Gasteiger partial charge on any atom is -0.330 e. The van der Waals surface area contributed by atoms with Crippen molar-refractivity contribution in [3.05, 3.63) is 18.7 Å². The Hall–Kier alpha value is -1.49. The molecule has 18 heavy (non-hydrogen) atoms. The quantitative estimate of drug-likeness (QED) is 0.739. The van der Waals surface area contributed by atoms with Crippen LogP contribution < -0.4 is 11.1 Å². The molecule has 5 heteroatoms. The van der Waals surface area contributed by atoms with Crippen LogP contribution in [0, 0.1) is 5.92 Å². The van der Waals surface area contributed by atoms with Crippen LogP contribution in [0.15, 0.2) is 18.7 Å². The predicted molar refractivity (Wildman–Crippen MR) is 72.0 cm³/mol. The van der Waals surface area contributed by atoms with E-state index in [1.54, 1.807) is 12.4 Å². The van der Waals surface area contributed by atoms with Gasteiger partial charge in [-0.25, -0.2) is 9.97 Å². The SMILES string of the molecule is CCCC(CCN)CCC(=O)Nc1cncnc1. The molecule has 1 aromatic heterocycles. The van der Waals surface area contributed by atoms with E-state index in [9.17, 15) is 4.79 Å². The van der Waals surface area contributed by atoms with Gasteiger partial charge in [0.25, 0.3) is 0 Å². The molecule has 100 valence electrons. The minimum atomic E-state index is 0.0166. The van der Waals surface area contributed by atoms with Crippen molar-refractivity contribution in [3.63, 3.8) is 0 Å². The van der Waals surface area contributed by atoms with E-state index in [-0.39, 0.29) is 5.91 Å². The summed E-state index contributed by atoms with van der Waals surface area (Å²) in [6.07, 6.45) is 9.31. The molecule has 0 saturated carbocycles. The molecule has 0 aliphatic carbocycles. The average molecular weight is 250 g/mol. The first-order valence-corrected chi connectivity index (χ1v) is 6.51. The second-order valence-electron chi connectivity index (χ2n) is 4.45. The highest BCUT2D eigenvalue weighted by Crippen LogP contribution is 2.17. The van der Waals surface area contributed by atoms with Crippen LogP contribution in [-0.4, -0.2) is 22.4 Å². The van der Waals surface area contributed by atoms with Gasteiger partial charge in [0.1, 0.15) is 6.33 Å².